The topological polar surface area (TPSA) is 50.4 Å². The molecule has 0 radical (unpaired) electrons. The minimum atomic E-state index is -0.147. The SMILES string of the molecule is NC1=NC(c2cccc3ccccc23)Nc2ccccc21. The molecule has 1 heterocycles. The molecule has 3 aromatic rings. The summed E-state index contributed by atoms with van der Waals surface area (Å²) in [6.07, 6.45) is -0.147. The average molecular weight is 273 g/mol. The molecule has 0 amide bonds. The van der Waals surface area contributed by atoms with E-state index in [2.05, 4.69) is 46.7 Å². The first-order valence-electron chi connectivity index (χ1n) is 7.00. The number of hydrogen-bond acceptors (Lipinski definition) is 3. The summed E-state index contributed by atoms with van der Waals surface area (Å²) in [6.45, 7) is 0. The number of rotatable bonds is 1. The van der Waals surface area contributed by atoms with Gasteiger partial charge in [0.1, 0.15) is 12.0 Å². The van der Waals surface area contributed by atoms with E-state index in [4.69, 9.17) is 5.73 Å². The molecule has 0 bridgehead atoms. The highest BCUT2D eigenvalue weighted by Gasteiger charge is 2.20. The van der Waals surface area contributed by atoms with Gasteiger partial charge in [0.05, 0.1) is 0 Å². The zero-order valence-corrected chi connectivity index (χ0v) is 11.5. The Balaban J connectivity index is 1.86. The average Bonchev–Trinajstić information content (AvgIpc) is 2.54. The number of nitrogens with two attached hydrogens (primary N) is 1. The van der Waals surface area contributed by atoms with Gasteiger partial charge >= 0.3 is 0 Å². The van der Waals surface area contributed by atoms with Crippen molar-refractivity contribution in [2.75, 3.05) is 5.32 Å². The monoisotopic (exact) mass is 273 g/mol. The Kier molecular flexibility index (Phi) is 2.64. The van der Waals surface area contributed by atoms with Crippen LogP contribution in [0.25, 0.3) is 10.8 Å². The van der Waals surface area contributed by atoms with Crippen molar-refractivity contribution in [3.63, 3.8) is 0 Å². The Morgan fingerprint density at radius 1 is 0.857 bits per heavy atom. The van der Waals surface area contributed by atoms with Crippen molar-refractivity contribution < 1.29 is 0 Å². The van der Waals surface area contributed by atoms with Crippen LogP contribution in [0.15, 0.2) is 71.7 Å². The van der Waals surface area contributed by atoms with Gasteiger partial charge in [-0.2, -0.15) is 0 Å². The first-order valence-corrected chi connectivity index (χ1v) is 7.00. The van der Waals surface area contributed by atoms with Gasteiger partial charge in [-0.1, -0.05) is 54.6 Å². The number of amidine groups is 1. The van der Waals surface area contributed by atoms with E-state index >= 15 is 0 Å². The van der Waals surface area contributed by atoms with Gasteiger partial charge in [0.15, 0.2) is 0 Å². The fraction of sp³-hybridized carbons (Fsp3) is 0.0556. The molecular formula is C18H15N3. The van der Waals surface area contributed by atoms with Crippen molar-refractivity contribution in [1.82, 2.24) is 0 Å². The molecule has 3 N–H and O–H groups in total. The lowest BCUT2D eigenvalue weighted by molar-refractivity contribution is 0.833. The summed E-state index contributed by atoms with van der Waals surface area (Å²) >= 11 is 0. The van der Waals surface area contributed by atoms with Crippen LogP contribution in [0.3, 0.4) is 0 Å². The van der Waals surface area contributed by atoms with Gasteiger partial charge in [-0.15, -0.1) is 0 Å². The summed E-state index contributed by atoms with van der Waals surface area (Å²) < 4.78 is 0. The highest BCUT2D eigenvalue weighted by molar-refractivity contribution is 6.04. The Bertz CT molecular complexity index is 846. The van der Waals surface area contributed by atoms with Crippen molar-refractivity contribution >= 4 is 22.3 Å². The number of anilines is 1. The Morgan fingerprint density at radius 3 is 2.57 bits per heavy atom. The molecule has 1 atom stereocenters. The lowest BCUT2D eigenvalue weighted by Crippen LogP contribution is -2.25. The highest BCUT2D eigenvalue weighted by atomic mass is 15.1. The van der Waals surface area contributed by atoms with E-state index in [-0.39, 0.29) is 6.17 Å². The van der Waals surface area contributed by atoms with Crippen molar-refractivity contribution in [3.05, 3.63) is 77.9 Å². The van der Waals surface area contributed by atoms with Crippen LogP contribution in [0.4, 0.5) is 5.69 Å². The second-order valence-corrected chi connectivity index (χ2v) is 5.18. The molecule has 3 nitrogen and oxygen atoms in total. The maximum atomic E-state index is 6.13. The minimum Gasteiger partial charge on any atom is -0.383 e. The summed E-state index contributed by atoms with van der Waals surface area (Å²) in [4.78, 5) is 4.63. The number of benzene rings is 3. The maximum Gasteiger partial charge on any atom is 0.147 e. The lowest BCUT2D eigenvalue weighted by atomic mass is 10.0. The zero-order valence-electron chi connectivity index (χ0n) is 11.5. The standard InChI is InChI=1S/C18H15N3/c19-17-15-9-3-4-11-16(15)20-18(21-17)14-10-5-7-12-6-1-2-8-13(12)14/h1-11,18,20H,(H2,19,21). The van der Waals surface area contributed by atoms with Gasteiger partial charge < -0.3 is 11.1 Å². The highest BCUT2D eigenvalue weighted by Crippen LogP contribution is 2.32. The number of nitrogens with zero attached hydrogens (tertiary/aromatic N) is 1. The predicted octanol–water partition coefficient (Wildman–Crippen LogP) is 3.67. The van der Waals surface area contributed by atoms with Crippen molar-refractivity contribution in [3.8, 4) is 0 Å². The van der Waals surface area contributed by atoms with Gasteiger partial charge in [0, 0.05) is 16.8 Å². The summed E-state index contributed by atoms with van der Waals surface area (Å²) in [6, 6.07) is 22.6. The number of aliphatic imine (C=N–C) groups is 1. The third kappa shape index (κ3) is 1.94. The number of hydrogen-bond donors (Lipinski definition) is 2. The van der Waals surface area contributed by atoms with Gasteiger partial charge in [0.2, 0.25) is 0 Å². The number of nitrogens with one attached hydrogen (secondary N) is 1. The number of fused-ring (bicyclic) bond motifs is 2. The largest absolute Gasteiger partial charge is 0.383 e. The minimum absolute atomic E-state index is 0.147. The van der Waals surface area contributed by atoms with E-state index in [0.717, 1.165) is 16.8 Å². The third-order valence-electron chi connectivity index (χ3n) is 3.88. The lowest BCUT2D eigenvalue weighted by Gasteiger charge is -2.25. The van der Waals surface area contributed by atoms with Crippen LogP contribution in [0.1, 0.15) is 17.3 Å². The Hall–Kier alpha value is -2.81. The molecule has 1 unspecified atom stereocenters. The molecule has 0 fully saturated rings. The van der Waals surface area contributed by atoms with E-state index < -0.39 is 0 Å². The van der Waals surface area contributed by atoms with E-state index in [1.54, 1.807) is 0 Å². The van der Waals surface area contributed by atoms with Crippen LogP contribution >= 0.6 is 0 Å². The second kappa shape index (κ2) is 4.63. The normalized spacial score (nSPS) is 17.0. The van der Waals surface area contributed by atoms with Crippen LogP contribution in [-0.4, -0.2) is 5.84 Å². The zero-order chi connectivity index (χ0) is 14.2. The molecule has 21 heavy (non-hydrogen) atoms. The molecule has 0 saturated carbocycles. The summed E-state index contributed by atoms with van der Waals surface area (Å²) in [7, 11) is 0. The van der Waals surface area contributed by atoms with E-state index in [1.165, 1.54) is 10.8 Å². The second-order valence-electron chi connectivity index (χ2n) is 5.18. The molecule has 1 aliphatic heterocycles. The smallest absolute Gasteiger partial charge is 0.147 e. The van der Waals surface area contributed by atoms with E-state index in [0.29, 0.717) is 5.84 Å². The summed E-state index contributed by atoms with van der Waals surface area (Å²) in [5, 5.41) is 5.88. The van der Waals surface area contributed by atoms with Crippen LogP contribution in [0.5, 0.6) is 0 Å². The van der Waals surface area contributed by atoms with Crippen LogP contribution in [0.2, 0.25) is 0 Å². The van der Waals surface area contributed by atoms with E-state index in [9.17, 15) is 0 Å². The maximum absolute atomic E-state index is 6.13. The fourth-order valence-corrected chi connectivity index (χ4v) is 2.86. The Labute approximate surface area is 123 Å². The molecule has 3 aromatic carbocycles. The molecule has 0 spiro atoms. The molecule has 0 saturated heterocycles. The van der Waals surface area contributed by atoms with Gasteiger partial charge in [-0.3, -0.25) is 0 Å². The van der Waals surface area contributed by atoms with Crippen molar-refractivity contribution in [2.45, 2.75) is 6.17 Å². The third-order valence-corrected chi connectivity index (χ3v) is 3.88. The molecule has 4 rings (SSSR count). The molecule has 0 aliphatic carbocycles. The first-order chi connectivity index (χ1) is 10.3. The van der Waals surface area contributed by atoms with Crippen LogP contribution in [-0.2, 0) is 0 Å². The Morgan fingerprint density at radius 2 is 1.62 bits per heavy atom. The molecule has 102 valence electrons. The number of para-hydroxylation sites is 1. The predicted molar refractivity (Wildman–Crippen MR) is 87.5 cm³/mol. The quantitative estimate of drug-likeness (QED) is 0.710. The van der Waals surface area contributed by atoms with Crippen molar-refractivity contribution in [1.29, 1.82) is 0 Å². The summed E-state index contributed by atoms with van der Waals surface area (Å²) in [5.74, 6) is 0.585. The van der Waals surface area contributed by atoms with E-state index in [1.807, 2.05) is 30.3 Å². The van der Waals surface area contributed by atoms with Gasteiger partial charge in [-0.25, -0.2) is 4.99 Å². The fourth-order valence-electron chi connectivity index (χ4n) is 2.86. The van der Waals surface area contributed by atoms with Crippen molar-refractivity contribution in [2.24, 2.45) is 10.7 Å². The molecule has 1 aliphatic rings. The van der Waals surface area contributed by atoms with Crippen LogP contribution < -0.4 is 11.1 Å². The summed E-state index contributed by atoms with van der Waals surface area (Å²) in [5.41, 5.74) is 9.27. The van der Waals surface area contributed by atoms with Gasteiger partial charge in [-0.05, 0) is 22.9 Å². The first kappa shape index (κ1) is 12.0. The van der Waals surface area contributed by atoms with Crippen LogP contribution in [0, 0.1) is 0 Å². The molecular weight excluding hydrogens is 258 g/mol. The molecule has 0 aromatic heterocycles. The van der Waals surface area contributed by atoms with Gasteiger partial charge in [0.25, 0.3) is 0 Å². The molecule has 3 heteroatoms.